The highest BCUT2D eigenvalue weighted by Crippen LogP contribution is 2.22. The molecule has 2 aromatic rings. The number of benzene rings is 1. The fraction of sp³-hybridized carbons (Fsp3) is 0.400. The summed E-state index contributed by atoms with van der Waals surface area (Å²) in [5.41, 5.74) is 2.31. The number of piperazine rings is 1. The lowest BCUT2D eigenvalue weighted by atomic mass is 10.2. The normalized spacial score (nSPS) is 15.1. The summed E-state index contributed by atoms with van der Waals surface area (Å²) in [5.74, 6) is 1.86. The van der Waals surface area contributed by atoms with Crippen LogP contribution >= 0.6 is 0 Å². The van der Waals surface area contributed by atoms with Crippen molar-refractivity contribution in [3.05, 3.63) is 54.4 Å². The molecule has 26 heavy (non-hydrogen) atoms. The molecule has 0 amide bonds. The summed E-state index contributed by atoms with van der Waals surface area (Å²) in [4.78, 5) is 13.5. The van der Waals surface area contributed by atoms with Crippen LogP contribution in [0.15, 0.2) is 53.7 Å². The van der Waals surface area contributed by atoms with Gasteiger partial charge >= 0.3 is 0 Å². The number of guanidine groups is 1. The minimum Gasteiger partial charge on any atom is -0.497 e. The van der Waals surface area contributed by atoms with E-state index in [1.54, 1.807) is 7.11 Å². The Morgan fingerprint density at radius 2 is 2.00 bits per heavy atom. The van der Waals surface area contributed by atoms with E-state index in [2.05, 4.69) is 43.3 Å². The fourth-order valence-electron chi connectivity index (χ4n) is 3.16. The van der Waals surface area contributed by atoms with E-state index in [9.17, 15) is 0 Å². The van der Waals surface area contributed by atoms with E-state index in [1.165, 1.54) is 5.69 Å². The van der Waals surface area contributed by atoms with Gasteiger partial charge in [-0.05, 0) is 24.3 Å². The van der Waals surface area contributed by atoms with Gasteiger partial charge in [0.25, 0.3) is 0 Å². The molecule has 1 N–H and O–H groups in total. The molecular weight excluding hydrogens is 326 g/mol. The number of aliphatic imine (C=N–C) groups is 1. The van der Waals surface area contributed by atoms with Gasteiger partial charge in [0, 0.05) is 69.8 Å². The summed E-state index contributed by atoms with van der Waals surface area (Å²) in [6, 6.07) is 14.3. The van der Waals surface area contributed by atoms with Gasteiger partial charge in [-0.2, -0.15) is 0 Å². The Morgan fingerprint density at radius 3 is 2.69 bits per heavy atom. The molecule has 0 bridgehead atoms. The zero-order valence-corrected chi connectivity index (χ0v) is 15.6. The molecule has 6 nitrogen and oxygen atoms in total. The number of ether oxygens (including phenoxy) is 1. The molecule has 1 fully saturated rings. The van der Waals surface area contributed by atoms with E-state index in [1.807, 2.05) is 37.5 Å². The van der Waals surface area contributed by atoms with Gasteiger partial charge in [0.1, 0.15) is 5.75 Å². The number of hydrogen-bond donors (Lipinski definition) is 1. The number of methoxy groups -OCH3 is 1. The second-order valence-corrected chi connectivity index (χ2v) is 6.22. The van der Waals surface area contributed by atoms with Crippen LogP contribution in [0.3, 0.4) is 0 Å². The molecule has 0 radical (unpaired) electrons. The maximum Gasteiger partial charge on any atom is 0.193 e. The van der Waals surface area contributed by atoms with Gasteiger partial charge in [0.2, 0.25) is 0 Å². The van der Waals surface area contributed by atoms with Crippen molar-refractivity contribution in [3.63, 3.8) is 0 Å². The topological polar surface area (TPSA) is 53.0 Å². The number of rotatable bonds is 5. The molecule has 6 heteroatoms. The van der Waals surface area contributed by atoms with E-state index in [0.717, 1.165) is 56.5 Å². The average molecular weight is 353 g/mol. The number of aromatic nitrogens is 1. The van der Waals surface area contributed by atoms with Crippen molar-refractivity contribution in [1.29, 1.82) is 0 Å². The van der Waals surface area contributed by atoms with E-state index in [-0.39, 0.29) is 0 Å². The molecule has 1 aliphatic rings. The van der Waals surface area contributed by atoms with Crippen molar-refractivity contribution < 1.29 is 4.74 Å². The number of pyridine rings is 1. The average Bonchev–Trinajstić information content (AvgIpc) is 2.72. The third kappa shape index (κ3) is 4.65. The molecule has 138 valence electrons. The Balaban J connectivity index is 1.49. The van der Waals surface area contributed by atoms with Gasteiger partial charge in [0.05, 0.1) is 7.11 Å². The third-order valence-corrected chi connectivity index (χ3v) is 4.60. The van der Waals surface area contributed by atoms with E-state index >= 15 is 0 Å². The molecule has 3 rings (SSSR count). The molecule has 0 unspecified atom stereocenters. The van der Waals surface area contributed by atoms with Crippen LogP contribution in [0.25, 0.3) is 0 Å². The van der Waals surface area contributed by atoms with Crippen molar-refractivity contribution >= 4 is 11.6 Å². The van der Waals surface area contributed by atoms with Crippen LogP contribution in [-0.4, -0.2) is 62.7 Å². The summed E-state index contributed by atoms with van der Waals surface area (Å²) >= 11 is 0. The summed E-state index contributed by atoms with van der Waals surface area (Å²) in [6.07, 6.45) is 2.73. The molecular formula is C20H27N5O. The zero-order chi connectivity index (χ0) is 18.2. The second-order valence-electron chi connectivity index (χ2n) is 6.22. The van der Waals surface area contributed by atoms with Gasteiger partial charge in [-0.1, -0.05) is 12.1 Å². The zero-order valence-electron chi connectivity index (χ0n) is 15.6. The number of nitrogens with zero attached hydrogens (tertiary/aromatic N) is 4. The van der Waals surface area contributed by atoms with Gasteiger partial charge in [0.15, 0.2) is 5.96 Å². The highest BCUT2D eigenvalue weighted by atomic mass is 16.5. The summed E-state index contributed by atoms with van der Waals surface area (Å²) in [6.45, 7) is 4.66. The Labute approximate surface area is 155 Å². The monoisotopic (exact) mass is 353 g/mol. The lowest BCUT2D eigenvalue weighted by Gasteiger charge is -2.37. The van der Waals surface area contributed by atoms with Crippen molar-refractivity contribution in [2.45, 2.75) is 6.42 Å². The van der Waals surface area contributed by atoms with Crippen LogP contribution in [-0.2, 0) is 6.42 Å². The van der Waals surface area contributed by atoms with Gasteiger partial charge in [-0.3, -0.25) is 9.98 Å². The van der Waals surface area contributed by atoms with Gasteiger partial charge in [-0.25, -0.2) is 0 Å². The highest BCUT2D eigenvalue weighted by molar-refractivity contribution is 5.80. The standard InChI is InChI=1S/C20H27N5O/c1-21-20(23-11-9-17-6-3-4-10-22-17)25-14-12-24(13-15-25)18-7-5-8-19(16-18)26-2/h3-8,10,16H,9,11-15H2,1-2H3,(H,21,23). The van der Waals surface area contributed by atoms with Crippen molar-refractivity contribution in [3.8, 4) is 5.75 Å². The maximum absolute atomic E-state index is 5.33. The first kappa shape index (κ1) is 18.0. The summed E-state index contributed by atoms with van der Waals surface area (Å²) < 4.78 is 5.33. The first-order valence-electron chi connectivity index (χ1n) is 9.04. The van der Waals surface area contributed by atoms with Crippen molar-refractivity contribution in [1.82, 2.24) is 15.2 Å². The molecule has 0 spiro atoms. The van der Waals surface area contributed by atoms with E-state index in [4.69, 9.17) is 4.74 Å². The third-order valence-electron chi connectivity index (χ3n) is 4.60. The Bertz CT molecular complexity index is 711. The Morgan fingerprint density at radius 1 is 1.15 bits per heavy atom. The first-order chi connectivity index (χ1) is 12.8. The Kier molecular flexibility index (Phi) is 6.30. The Hall–Kier alpha value is -2.76. The summed E-state index contributed by atoms with van der Waals surface area (Å²) in [7, 11) is 3.55. The second kappa shape index (κ2) is 9.08. The van der Waals surface area contributed by atoms with Crippen LogP contribution in [0.4, 0.5) is 5.69 Å². The fourth-order valence-corrected chi connectivity index (χ4v) is 3.16. The van der Waals surface area contributed by atoms with Gasteiger partial charge in [-0.15, -0.1) is 0 Å². The summed E-state index contributed by atoms with van der Waals surface area (Å²) in [5, 5.41) is 3.46. The molecule has 1 aromatic carbocycles. The highest BCUT2D eigenvalue weighted by Gasteiger charge is 2.20. The number of nitrogens with one attached hydrogen (secondary N) is 1. The van der Waals surface area contributed by atoms with E-state index in [0.29, 0.717) is 0 Å². The predicted molar refractivity (Wildman–Crippen MR) is 106 cm³/mol. The van der Waals surface area contributed by atoms with Crippen molar-refractivity contribution in [2.24, 2.45) is 4.99 Å². The van der Waals surface area contributed by atoms with Gasteiger partial charge < -0.3 is 19.9 Å². The molecule has 1 aliphatic heterocycles. The minimum absolute atomic E-state index is 0.833. The smallest absolute Gasteiger partial charge is 0.193 e. The predicted octanol–water partition coefficient (Wildman–Crippen LogP) is 2.03. The van der Waals surface area contributed by atoms with Crippen molar-refractivity contribution in [2.75, 3.05) is 51.8 Å². The lowest BCUT2D eigenvalue weighted by molar-refractivity contribution is 0.372. The van der Waals surface area contributed by atoms with Crippen LogP contribution in [0, 0.1) is 0 Å². The number of anilines is 1. The van der Waals surface area contributed by atoms with Crippen LogP contribution in [0.2, 0.25) is 0 Å². The van der Waals surface area contributed by atoms with Crippen LogP contribution < -0.4 is 15.0 Å². The maximum atomic E-state index is 5.33. The largest absolute Gasteiger partial charge is 0.497 e. The van der Waals surface area contributed by atoms with Crippen LogP contribution in [0.5, 0.6) is 5.75 Å². The van der Waals surface area contributed by atoms with E-state index < -0.39 is 0 Å². The molecule has 1 saturated heterocycles. The first-order valence-corrected chi connectivity index (χ1v) is 9.04. The number of hydrogen-bond acceptors (Lipinski definition) is 4. The molecule has 0 saturated carbocycles. The molecule has 0 atom stereocenters. The van der Waals surface area contributed by atoms with Crippen LogP contribution in [0.1, 0.15) is 5.69 Å². The molecule has 2 heterocycles. The lowest BCUT2D eigenvalue weighted by Crippen LogP contribution is -2.52. The quantitative estimate of drug-likeness (QED) is 0.658. The SMILES string of the molecule is CN=C(NCCc1ccccn1)N1CCN(c2cccc(OC)c2)CC1. The minimum atomic E-state index is 0.833. The molecule has 0 aliphatic carbocycles. The molecule has 1 aromatic heterocycles.